The summed E-state index contributed by atoms with van der Waals surface area (Å²) >= 11 is 7.56. The minimum atomic E-state index is -0.564. The quantitative estimate of drug-likeness (QED) is 0.373. The van der Waals surface area contributed by atoms with Crippen molar-refractivity contribution in [1.29, 1.82) is 0 Å². The van der Waals surface area contributed by atoms with Crippen LogP contribution in [0.1, 0.15) is 30.4 Å². The Morgan fingerprint density at radius 3 is 2.59 bits per heavy atom. The van der Waals surface area contributed by atoms with E-state index in [0.29, 0.717) is 51.0 Å². The van der Waals surface area contributed by atoms with Crippen LogP contribution in [0.25, 0.3) is 0 Å². The third-order valence-corrected chi connectivity index (χ3v) is 6.39. The van der Waals surface area contributed by atoms with Gasteiger partial charge in [0.15, 0.2) is 5.76 Å². The van der Waals surface area contributed by atoms with Crippen LogP contribution in [0.2, 0.25) is 5.02 Å². The fraction of sp³-hybridized carbons (Fsp3) is 0.480. The Morgan fingerprint density at radius 1 is 1.15 bits per heavy atom. The second-order valence-corrected chi connectivity index (χ2v) is 8.98. The summed E-state index contributed by atoms with van der Waals surface area (Å²) in [5.41, 5.74) is 2.07. The molecule has 2 heterocycles. The van der Waals surface area contributed by atoms with Crippen LogP contribution >= 0.6 is 22.9 Å². The molecular weight excluding hydrogens is 478 g/mol. The van der Waals surface area contributed by atoms with Gasteiger partial charge in [-0.3, -0.25) is 4.79 Å². The molecular formula is C25H32ClNO6S. The van der Waals surface area contributed by atoms with Gasteiger partial charge in [-0.2, -0.15) is 11.3 Å². The summed E-state index contributed by atoms with van der Waals surface area (Å²) in [5.74, 6) is -0.0726. The van der Waals surface area contributed by atoms with Crippen LogP contribution < -0.4 is 5.32 Å². The summed E-state index contributed by atoms with van der Waals surface area (Å²) in [7, 11) is 0. The molecule has 1 aliphatic rings. The molecule has 0 saturated carbocycles. The van der Waals surface area contributed by atoms with Gasteiger partial charge in [-0.15, -0.1) is 0 Å². The topological polar surface area (TPSA) is 86.3 Å². The van der Waals surface area contributed by atoms with Crippen molar-refractivity contribution in [3.63, 3.8) is 0 Å². The standard InChI is InChI=1S/C25H32ClNO6S/c1-2-32-25-21(7-10-30-12-13-31-11-9-28)22(19-8-14-34-17-19)15-23(33-25)24(29)27-16-18-3-5-20(26)6-4-18/h3-6,8,14-15,17,21-22,25,28H,2,7,9-13,16H2,1H3,(H,27,29)/t21-,22+,25+/m1/s1. The van der Waals surface area contributed by atoms with Crippen LogP contribution in [0.15, 0.2) is 52.9 Å². The highest BCUT2D eigenvalue weighted by Gasteiger charge is 2.38. The fourth-order valence-electron chi connectivity index (χ4n) is 3.76. The number of carbonyl (C=O) groups is 1. The van der Waals surface area contributed by atoms with Crippen LogP contribution in [0.5, 0.6) is 0 Å². The number of nitrogens with one attached hydrogen (secondary N) is 1. The van der Waals surface area contributed by atoms with Crippen molar-refractivity contribution in [3.8, 4) is 0 Å². The molecule has 1 aromatic carbocycles. The van der Waals surface area contributed by atoms with Crippen molar-refractivity contribution in [3.05, 3.63) is 69.1 Å². The number of rotatable bonds is 14. The number of aliphatic hydroxyl groups excluding tert-OH is 1. The number of halogens is 1. The number of thiophene rings is 1. The van der Waals surface area contributed by atoms with Crippen LogP contribution in [0.4, 0.5) is 0 Å². The van der Waals surface area contributed by atoms with E-state index in [-0.39, 0.29) is 30.1 Å². The van der Waals surface area contributed by atoms with Crippen molar-refractivity contribution in [2.45, 2.75) is 32.1 Å². The number of hydrogen-bond acceptors (Lipinski definition) is 7. The first-order chi connectivity index (χ1) is 16.6. The third-order valence-electron chi connectivity index (χ3n) is 5.44. The zero-order chi connectivity index (χ0) is 24.2. The Hall–Kier alpha value is -1.94. The Kier molecular flexibility index (Phi) is 11.3. The summed E-state index contributed by atoms with van der Waals surface area (Å²) < 4.78 is 22.9. The van der Waals surface area contributed by atoms with Crippen molar-refractivity contribution in [1.82, 2.24) is 5.32 Å². The molecule has 3 atom stereocenters. The first-order valence-corrected chi connectivity index (χ1v) is 12.8. The first-order valence-electron chi connectivity index (χ1n) is 11.4. The van der Waals surface area contributed by atoms with E-state index in [1.807, 2.05) is 30.5 Å². The highest BCUT2D eigenvalue weighted by Crippen LogP contribution is 2.39. The number of amides is 1. The van der Waals surface area contributed by atoms with Crippen molar-refractivity contribution in [2.75, 3.05) is 39.6 Å². The molecule has 3 rings (SSSR count). The molecule has 2 N–H and O–H groups in total. The molecule has 0 aliphatic carbocycles. The fourth-order valence-corrected chi connectivity index (χ4v) is 4.59. The minimum absolute atomic E-state index is 0.000282. The number of ether oxygens (including phenoxy) is 4. The van der Waals surface area contributed by atoms with E-state index < -0.39 is 6.29 Å². The SMILES string of the molecule is CCO[C@H]1OC(C(=O)NCc2ccc(Cl)cc2)=C[C@@H](c2ccsc2)[C@H]1CCOCCOCCO. The number of benzene rings is 1. The summed E-state index contributed by atoms with van der Waals surface area (Å²) in [6, 6.07) is 9.41. The number of aliphatic hydroxyl groups is 1. The zero-order valence-corrected chi connectivity index (χ0v) is 20.9. The molecule has 186 valence electrons. The van der Waals surface area contributed by atoms with E-state index in [9.17, 15) is 4.79 Å². The number of allylic oxidation sites excluding steroid dienone is 1. The maximum absolute atomic E-state index is 13.0. The van der Waals surface area contributed by atoms with Gasteiger partial charge in [0.05, 0.1) is 26.4 Å². The maximum Gasteiger partial charge on any atom is 0.286 e. The molecule has 1 aromatic heterocycles. The van der Waals surface area contributed by atoms with Crippen LogP contribution in [-0.2, 0) is 30.3 Å². The maximum atomic E-state index is 13.0. The van der Waals surface area contributed by atoms with Crippen molar-refractivity contribution < 1.29 is 28.8 Å². The average molecular weight is 510 g/mol. The van der Waals surface area contributed by atoms with Crippen molar-refractivity contribution in [2.24, 2.45) is 5.92 Å². The highest BCUT2D eigenvalue weighted by atomic mass is 35.5. The molecule has 0 fully saturated rings. The molecule has 1 amide bonds. The zero-order valence-electron chi connectivity index (χ0n) is 19.3. The molecule has 9 heteroatoms. The summed E-state index contributed by atoms with van der Waals surface area (Å²) in [4.78, 5) is 13.0. The Morgan fingerprint density at radius 2 is 1.91 bits per heavy atom. The highest BCUT2D eigenvalue weighted by molar-refractivity contribution is 7.08. The van der Waals surface area contributed by atoms with E-state index in [0.717, 1.165) is 11.1 Å². The van der Waals surface area contributed by atoms with E-state index in [1.54, 1.807) is 23.5 Å². The largest absolute Gasteiger partial charge is 0.459 e. The van der Waals surface area contributed by atoms with Gasteiger partial charge in [0.2, 0.25) is 6.29 Å². The van der Waals surface area contributed by atoms with Crippen LogP contribution in [0, 0.1) is 5.92 Å². The Balaban J connectivity index is 1.67. The summed E-state index contributed by atoms with van der Waals surface area (Å²) in [6.45, 7) is 4.44. The lowest BCUT2D eigenvalue weighted by atomic mass is 9.82. The number of hydrogen-bond donors (Lipinski definition) is 2. The monoisotopic (exact) mass is 509 g/mol. The molecule has 0 saturated heterocycles. The second kappa shape index (κ2) is 14.5. The van der Waals surface area contributed by atoms with Gasteiger partial charge >= 0.3 is 0 Å². The van der Waals surface area contributed by atoms with Gasteiger partial charge in [-0.25, -0.2) is 0 Å². The molecule has 7 nitrogen and oxygen atoms in total. The second-order valence-electron chi connectivity index (χ2n) is 7.76. The van der Waals surface area contributed by atoms with Gasteiger partial charge in [0, 0.05) is 36.6 Å². The van der Waals surface area contributed by atoms with Gasteiger partial charge in [-0.05, 0) is 59.5 Å². The van der Waals surface area contributed by atoms with E-state index in [4.69, 9.17) is 35.7 Å². The summed E-state index contributed by atoms with van der Waals surface area (Å²) in [6.07, 6.45) is 2.02. The van der Waals surface area contributed by atoms with Crippen molar-refractivity contribution >= 4 is 28.8 Å². The molecule has 1 aliphatic heterocycles. The smallest absolute Gasteiger partial charge is 0.286 e. The third kappa shape index (κ3) is 8.08. The first kappa shape index (κ1) is 26.7. The predicted molar refractivity (Wildman–Crippen MR) is 132 cm³/mol. The molecule has 2 aromatic rings. The van der Waals surface area contributed by atoms with Gasteiger partial charge in [-0.1, -0.05) is 23.7 Å². The molecule has 0 bridgehead atoms. The number of carbonyl (C=O) groups excluding carboxylic acids is 1. The average Bonchev–Trinajstić information content (AvgIpc) is 3.38. The lowest BCUT2D eigenvalue weighted by molar-refractivity contribution is -0.168. The normalized spacial score (nSPS) is 20.0. The lowest BCUT2D eigenvalue weighted by Gasteiger charge is -2.36. The molecule has 34 heavy (non-hydrogen) atoms. The summed E-state index contributed by atoms with van der Waals surface area (Å²) in [5, 5.41) is 16.5. The predicted octanol–water partition coefficient (Wildman–Crippen LogP) is 4.11. The lowest BCUT2D eigenvalue weighted by Crippen LogP contribution is -2.39. The van der Waals surface area contributed by atoms with Gasteiger partial charge in [0.1, 0.15) is 0 Å². The van der Waals surface area contributed by atoms with Gasteiger partial charge < -0.3 is 29.4 Å². The van der Waals surface area contributed by atoms with Gasteiger partial charge in [0.25, 0.3) is 5.91 Å². The Bertz CT molecular complexity index is 889. The molecule has 0 radical (unpaired) electrons. The molecule has 0 unspecified atom stereocenters. The van der Waals surface area contributed by atoms with E-state index >= 15 is 0 Å². The Labute approximate surface area is 209 Å². The minimum Gasteiger partial charge on any atom is -0.459 e. The van der Waals surface area contributed by atoms with Crippen LogP contribution in [0.3, 0.4) is 0 Å². The van der Waals surface area contributed by atoms with Crippen LogP contribution in [-0.4, -0.2) is 56.9 Å². The van der Waals surface area contributed by atoms with E-state index in [2.05, 4.69) is 16.8 Å². The molecule has 0 spiro atoms. The van der Waals surface area contributed by atoms with E-state index in [1.165, 1.54) is 0 Å².